The van der Waals surface area contributed by atoms with Gasteiger partial charge in [0.25, 0.3) is 0 Å². The molecule has 2 aromatic rings. The van der Waals surface area contributed by atoms with Gasteiger partial charge in [-0.25, -0.2) is 4.98 Å². The number of methoxy groups -OCH3 is 2. The van der Waals surface area contributed by atoms with Gasteiger partial charge < -0.3 is 14.8 Å². The maximum Gasteiger partial charge on any atom is 0.238 e. The number of rotatable bonds is 9. The first-order chi connectivity index (χ1) is 13.9. The topological polar surface area (TPSA) is 84.2 Å². The number of benzene rings is 1. The van der Waals surface area contributed by atoms with E-state index in [4.69, 9.17) is 9.47 Å². The Balaban J connectivity index is 2.22. The molecule has 0 bridgehead atoms. The number of carbonyl (C=O) groups is 1. The van der Waals surface area contributed by atoms with Crippen molar-refractivity contribution in [2.24, 2.45) is 5.92 Å². The molecule has 1 amide bonds. The van der Waals surface area contributed by atoms with Crippen LogP contribution in [0.1, 0.15) is 38.4 Å². The number of nitrogens with one attached hydrogen (secondary N) is 1. The molecule has 2 rings (SSSR count). The summed E-state index contributed by atoms with van der Waals surface area (Å²) in [5.41, 5.74) is 1.98. The Labute approximate surface area is 176 Å². The number of thioether (sulfide) groups is 1. The highest BCUT2D eigenvalue weighted by molar-refractivity contribution is 8.00. The molecule has 1 atom stereocenters. The number of nitrogens with zero attached hydrogens (tertiary/aromatic N) is 2. The molecule has 0 aliphatic rings. The fourth-order valence-corrected chi connectivity index (χ4v) is 3.77. The highest BCUT2D eigenvalue weighted by Gasteiger charge is 2.22. The number of anilines is 1. The van der Waals surface area contributed by atoms with Crippen LogP contribution in [0.25, 0.3) is 0 Å². The van der Waals surface area contributed by atoms with Crippen molar-refractivity contribution in [3.05, 3.63) is 41.6 Å². The van der Waals surface area contributed by atoms with Crippen LogP contribution in [-0.4, -0.2) is 30.4 Å². The molecule has 7 heteroatoms. The molecule has 0 saturated heterocycles. The third-order valence-electron chi connectivity index (χ3n) is 4.24. The number of aromatic nitrogens is 1. The maximum atomic E-state index is 12.9. The smallest absolute Gasteiger partial charge is 0.238 e. The summed E-state index contributed by atoms with van der Waals surface area (Å²) in [7, 11) is 3.11. The van der Waals surface area contributed by atoms with Crippen molar-refractivity contribution in [3.8, 4) is 17.6 Å². The minimum absolute atomic E-state index is 0.166. The van der Waals surface area contributed by atoms with Crippen LogP contribution in [0.2, 0.25) is 0 Å². The van der Waals surface area contributed by atoms with Crippen LogP contribution >= 0.6 is 11.8 Å². The fourth-order valence-electron chi connectivity index (χ4n) is 2.76. The second-order valence-corrected chi connectivity index (χ2v) is 8.13. The number of pyridine rings is 1. The van der Waals surface area contributed by atoms with Gasteiger partial charge in [0.1, 0.15) is 22.6 Å². The molecule has 1 heterocycles. The SMILES string of the molecule is CCC(Sc1nc(CC(C)C)ccc1C#N)C(=O)Nc1ccc(OC)cc1OC. The summed E-state index contributed by atoms with van der Waals surface area (Å²) >= 11 is 1.32. The van der Waals surface area contributed by atoms with Gasteiger partial charge in [-0.2, -0.15) is 5.26 Å². The Kier molecular flexibility index (Phi) is 8.34. The van der Waals surface area contributed by atoms with Crippen molar-refractivity contribution >= 4 is 23.4 Å². The van der Waals surface area contributed by atoms with Gasteiger partial charge in [0, 0.05) is 11.8 Å². The zero-order valence-electron chi connectivity index (χ0n) is 17.5. The molecule has 0 radical (unpaired) electrons. The molecule has 0 saturated carbocycles. The third-order valence-corrected chi connectivity index (χ3v) is 5.61. The summed E-state index contributed by atoms with van der Waals surface area (Å²) in [5.74, 6) is 1.46. The lowest BCUT2D eigenvalue weighted by molar-refractivity contribution is -0.115. The lowest BCUT2D eigenvalue weighted by atomic mass is 10.1. The van der Waals surface area contributed by atoms with Gasteiger partial charge in [-0.1, -0.05) is 32.5 Å². The van der Waals surface area contributed by atoms with E-state index in [1.807, 2.05) is 13.0 Å². The number of carbonyl (C=O) groups excluding carboxylic acids is 1. The molecule has 1 aromatic carbocycles. The molecule has 0 spiro atoms. The summed E-state index contributed by atoms with van der Waals surface area (Å²) in [5, 5.41) is 12.6. The van der Waals surface area contributed by atoms with E-state index >= 15 is 0 Å². The van der Waals surface area contributed by atoms with Crippen LogP contribution in [0.15, 0.2) is 35.4 Å². The summed E-state index contributed by atoms with van der Waals surface area (Å²) in [6.07, 6.45) is 1.42. The van der Waals surface area contributed by atoms with Gasteiger partial charge in [0.05, 0.1) is 30.7 Å². The molecule has 29 heavy (non-hydrogen) atoms. The average molecular weight is 414 g/mol. The standard InChI is InChI=1S/C22H27N3O3S/c1-6-20(21(26)25-18-10-9-17(27-4)12-19(18)28-5)29-22-15(13-23)7-8-16(24-22)11-14(2)3/h7-10,12,14,20H,6,11H2,1-5H3,(H,25,26). The van der Waals surface area contributed by atoms with E-state index in [9.17, 15) is 10.1 Å². The summed E-state index contributed by atoms with van der Waals surface area (Å²) in [6, 6.07) is 11.1. The van der Waals surface area contributed by atoms with Gasteiger partial charge in [0.2, 0.25) is 5.91 Å². The molecule has 1 aromatic heterocycles. The van der Waals surface area contributed by atoms with Crippen molar-refractivity contribution in [1.82, 2.24) is 4.98 Å². The normalized spacial score (nSPS) is 11.6. The number of amides is 1. The van der Waals surface area contributed by atoms with Gasteiger partial charge in [0.15, 0.2) is 0 Å². The Hall–Kier alpha value is -2.72. The zero-order chi connectivity index (χ0) is 21.4. The number of hydrogen-bond donors (Lipinski definition) is 1. The van der Waals surface area contributed by atoms with Crippen LogP contribution in [0.3, 0.4) is 0 Å². The quantitative estimate of drug-likeness (QED) is 0.601. The molecule has 1 unspecified atom stereocenters. The Morgan fingerprint density at radius 2 is 2.00 bits per heavy atom. The van der Waals surface area contributed by atoms with Crippen LogP contribution in [-0.2, 0) is 11.2 Å². The molecular formula is C22H27N3O3S. The largest absolute Gasteiger partial charge is 0.497 e. The number of hydrogen-bond acceptors (Lipinski definition) is 6. The van der Waals surface area contributed by atoms with E-state index in [1.165, 1.54) is 11.8 Å². The second-order valence-electron chi connectivity index (χ2n) is 6.94. The predicted molar refractivity (Wildman–Crippen MR) is 116 cm³/mol. The molecule has 0 fully saturated rings. The van der Waals surface area contributed by atoms with Crippen LogP contribution in [0.4, 0.5) is 5.69 Å². The third kappa shape index (κ3) is 6.13. The van der Waals surface area contributed by atoms with E-state index in [2.05, 4.69) is 30.2 Å². The van der Waals surface area contributed by atoms with Gasteiger partial charge in [-0.15, -0.1) is 0 Å². The van der Waals surface area contributed by atoms with Crippen molar-refractivity contribution in [3.63, 3.8) is 0 Å². The number of nitriles is 1. The molecule has 0 aliphatic heterocycles. The summed E-state index contributed by atoms with van der Waals surface area (Å²) < 4.78 is 10.5. The predicted octanol–water partition coefficient (Wildman–Crippen LogP) is 4.68. The fraction of sp³-hybridized carbons (Fsp3) is 0.409. The summed E-state index contributed by atoms with van der Waals surface area (Å²) in [4.78, 5) is 17.5. The zero-order valence-corrected chi connectivity index (χ0v) is 18.3. The van der Waals surface area contributed by atoms with Gasteiger partial charge in [-0.3, -0.25) is 4.79 Å². The van der Waals surface area contributed by atoms with Crippen LogP contribution in [0, 0.1) is 17.2 Å². The van der Waals surface area contributed by atoms with Crippen LogP contribution in [0.5, 0.6) is 11.5 Å². The lowest BCUT2D eigenvalue weighted by Gasteiger charge is -2.17. The van der Waals surface area contributed by atoms with Crippen molar-refractivity contribution in [2.45, 2.75) is 43.9 Å². The molecular weight excluding hydrogens is 386 g/mol. The van der Waals surface area contributed by atoms with E-state index in [1.54, 1.807) is 38.5 Å². The number of ether oxygens (including phenoxy) is 2. The van der Waals surface area contributed by atoms with Gasteiger partial charge in [-0.05, 0) is 43.0 Å². The highest BCUT2D eigenvalue weighted by Crippen LogP contribution is 2.32. The minimum Gasteiger partial charge on any atom is -0.497 e. The van der Waals surface area contributed by atoms with Gasteiger partial charge >= 0.3 is 0 Å². The minimum atomic E-state index is -0.393. The van der Waals surface area contributed by atoms with Crippen LogP contribution < -0.4 is 14.8 Å². The Morgan fingerprint density at radius 1 is 1.24 bits per heavy atom. The first-order valence-corrected chi connectivity index (χ1v) is 10.4. The van der Waals surface area contributed by atoms with Crippen molar-refractivity contribution in [1.29, 1.82) is 5.26 Å². The first kappa shape index (κ1) is 22.6. The van der Waals surface area contributed by atoms with Crippen molar-refractivity contribution in [2.75, 3.05) is 19.5 Å². The molecule has 154 valence electrons. The van der Waals surface area contributed by atoms with E-state index < -0.39 is 5.25 Å². The Morgan fingerprint density at radius 3 is 2.59 bits per heavy atom. The Bertz CT molecular complexity index is 893. The molecule has 1 N–H and O–H groups in total. The van der Waals surface area contributed by atoms with E-state index in [0.29, 0.717) is 40.1 Å². The van der Waals surface area contributed by atoms with E-state index in [-0.39, 0.29) is 5.91 Å². The molecule has 0 aliphatic carbocycles. The monoisotopic (exact) mass is 413 g/mol. The highest BCUT2D eigenvalue weighted by atomic mass is 32.2. The lowest BCUT2D eigenvalue weighted by Crippen LogP contribution is -2.25. The first-order valence-electron chi connectivity index (χ1n) is 9.51. The summed E-state index contributed by atoms with van der Waals surface area (Å²) in [6.45, 7) is 6.18. The second kappa shape index (κ2) is 10.7. The molecule has 6 nitrogen and oxygen atoms in total. The average Bonchev–Trinajstić information content (AvgIpc) is 2.71. The maximum absolute atomic E-state index is 12.9. The van der Waals surface area contributed by atoms with Crippen molar-refractivity contribution < 1.29 is 14.3 Å². The van der Waals surface area contributed by atoms with E-state index in [0.717, 1.165) is 12.1 Å².